The Balaban J connectivity index is 1.92. The molecule has 0 saturated carbocycles. The Hall–Kier alpha value is -3.56. The number of ether oxygens (including phenoxy) is 1. The molecule has 0 fully saturated rings. The molecule has 0 aliphatic rings. The Labute approximate surface area is 170 Å². The Bertz CT molecular complexity index is 1180. The van der Waals surface area contributed by atoms with Crippen LogP contribution in [0.15, 0.2) is 77.7 Å². The van der Waals surface area contributed by atoms with E-state index in [0.717, 1.165) is 11.1 Å². The van der Waals surface area contributed by atoms with Crippen molar-refractivity contribution in [1.29, 1.82) is 5.26 Å². The van der Waals surface area contributed by atoms with Crippen LogP contribution >= 0.6 is 0 Å². The summed E-state index contributed by atoms with van der Waals surface area (Å²) < 4.78 is 35.7. The normalized spacial score (nSPS) is 11.6. The monoisotopic (exact) mass is 405 g/mol. The molecule has 3 aromatic rings. The van der Waals surface area contributed by atoms with Gasteiger partial charge in [-0.25, -0.2) is 0 Å². The summed E-state index contributed by atoms with van der Waals surface area (Å²) in [5, 5.41) is 9.47. The second-order valence-electron chi connectivity index (χ2n) is 6.30. The molecule has 6 heteroatoms. The third kappa shape index (κ3) is 4.84. The molecule has 0 atom stereocenters. The summed E-state index contributed by atoms with van der Waals surface area (Å²) in [5.41, 5.74) is 2.90. The minimum Gasteiger partial charge on any atom is -0.493 e. The zero-order chi connectivity index (χ0) is 20.9. The van der Waals surface area contributed by atoms with Gasteiger partial charge < -0.3 is 8.92 Å². The summed E-state index contributed by atoms with van der Waals surface area (Å²) in [7, 11) is -2.57. The quantitative estimate of drug-likeness (QED) is 0.333. The van der Waals surface area contributed by atoms with Crippen LogP contribution in [0.5, 0.6) is 11.5 Å². The summed E-state index contributed by atoms with van der Waals surface area (Å²) >= 11 is 0. The van der Waals surface area contributed by atoms with Gasteiger partial charge in [0.15, 0.2) is 11.5 Å². The lowest BCUT2D eigenvalue weighted by molar-refractivity contribution is 0.390. The van der Waals surface area contributed by atoms with E-state index in [1.54, 1.807) is 30.3 Å². The first-order valence-corrected chi connectivity index (χ1v) is 10.2. The molecule has 0 amide bonds. The summed E-state index contributed by atoms with van der Waals surface area (Å²) in [4.78, 5) is 0.0602. The number of nitrogens with zero attached hydrogens (tertiary/aromatic N) is 1. The molecular formula is C23H19NO4S. The van der Waals surface area contributed by atoms with Crippen LogP contribution in [0.25, 0.3) is 11.6 Å². The predicted molar refractivity (Wildman–Crippen MR) is 112 cm³/mol. The first-order chi connectivity index (χ1) is 13.9. The molecule has 5 nitrogen and oxygen atoms in total. The number of nitriles is 1. The standard InChI is InChI=1S/C23H19NO4S/c1-17-8-11-21(12-9-17)29(25,26)28-22-13-10-18(15-23(22)27-2)14-20(16-24)19-6-4-3-5-7-19/h3-15H,1-2H3/b20-14+. The zero-order valence-electron chi connectivity index (χ0n) is 16.0. The molecule has 0 aromatic heterocycles. The van der Waals surface area contributed by atoms with Crippen LogP contribution in [0.2, 0.25) is 0 Å². The second-order valence-corrected chi connectivity index (χ2v) is 7.84. The molecule has 0 heterocycles. The molecule has 0 bridgehead atoms. The fourth-order valence-corrected chi connectivity index (χ4v) is 3.62. The molecule has 146 valence electrons. The first kappa shape index (κ1) is 20.2. The van der Waals surface area contributed by atoms with Gasteiger partial charge in [0, 0.05) is 0 Å². The van der Waals surface area contributed by atoms with Gasteiger partial charge in [-0.1, -0.05) is 54.1 Å². The minimum atomic E-state index is -3.99. The Morgan fingerprint density at radius 3 is 2.28 bits per heavy atom. The second kappa shape index (κ2) is 8.63. The number of hydrogen-bond acceptors (Lipinski definition) is 5. The van der Waals surface area contributed by atoms with Crippen molar-refractivity contribution in [3.05, 3.63) is 89.5 Å². The van der Waals surface area contributed by atoms with E-state index < -0.39 is 10.1 Å². The van der Waals surface area contributed by atoms with Crippen molar-refractivity contribution in [1.82, 2.24) is 0 Å². The van der Waals surface area contributed by atoms with Gasteiger partial charge in [0.2, 0.25) is 0 Å². The Morgan fingerprint density at radius 1 is 0.966 bits per heavy atom. The fraction of sp³-hybridized carbons (Fsp3) is 0.0870. The molecule has 3 aromatic carbocycles. The lowest BCUT2D eigenvalue weighted by atomic mass is 10.0. The van der Waals surface area contributed by atoms with Crippen LogP contribution in [0, 0.1) is 18.3 Å². The van der Waals surface area contributed by atoms with Gasteiger partial charge in [0.1, 0.15) is 4.90 Å². The van der Waals surface area contributed by atoms with Crippen LogP contribution in [0.4, 0.5) is 0 Å². The highest BCUT2D eigenvalue weighted by Gasteiger charge is 2.19. The highest BCUT2D eigenvalue weighted by atomic mass is 32.2. The number of allylic oxidation sites excluding steroid dienone is 1. The van der Waals surface area contributed by atoms with Gasteiger partial charge in [0.05, 0.1) is 18.8 Å². The number of methoxy groups -OCH3 is 1. The van der Waals surface area contributed by atoms with Crippen LogP contribution in [-0.4, -0.2) is 15.5 Å². The van der Waals surface area contributed by atoms with Crippen molar-refractivity contribution in [3.63, 3.8) is 0 Å². The molecule has 0 spiro atoms. The molecule has 0 saturated heterocycles. The van der Waals surface area contributed by atoms with Crippen molar-refractivity contribution in [2.75, 3.05) is 7.11 Å². The van der Waals surface area contributed by atoms with E-state index in [2.05, 4.69) is 6.07 Å². The van der Waals surface area contributed by atoms with Gasteiger partial charge >= 0.3 is 10.1 Å². The third-order valence-electron chi connectivity index (χ3n) is 4.21. The molecule has 0 radical (unpaired) electrons. The Morgan fingerprint density at radius 2 is 1.66 bits per heavy atom. The average molecular weight is 405 g/mol. The van der Waals surface area contributed by atoms with Gasteiger partial charge in [-0.2, -0.15) is 13.7 Å². The van der Waals surface area contributed by atoms with E-state index in [9.17, 15) is 13.7 Å². The van der Waals surface area contributed by atoms with E-state index in [-0.39, 0.29) is 16.4 Å². The lowest BCUT2D eigenvalue weighted by Crippen LogP contribution is -2.10. The zero-order valence-corrected chi connectivity index (χ0v) is 16.8. The highest BCUT2D eigenvalue weighted by molar-refractivity contribution is 7.87. The summed E-state index contributed by atoms with van der Waals surface area (Å²) in [6.07, 6.45) is 1.70. The number of hydrogen-bond donors (Lipinski definition) is 0. The van der Waals surface area contributed by atoms with Gasteiger partial charge in [0.25, 0.3) is 0 Å². The lowest BCUT2D eigenvalue weighted by Gasteiger charge is -2.12. The first-order valence-electron chi connectivity index (χ1n) is 8.79. The Kier molecular flexibility index (Phi) is 6.01. The van der Waals surface area contributed by atoms with Crippen molar-refractivity contribution >= 4 is 21.8 Å². The molecule has 0 N–H and O–H groups in total. The van der Waals surface area contributed by atoms with Crippen LogP contribution < -0.4 is 8.92 Å². The topological polar surface area (TPSA) is 76.4 Å². The van der Waals surface area contributed by atoms with Crippen LogP contribution in [-0.2, 0) is 10.1 Å². The number of benzene rings is 3. The molecule has 3 rings (SSSR count). The number of aryl methyl sites for hydroxylation is 1. The number of rotatable bonds is 6. The summed E-state index contributed by atoms with van der Waals surface area (Å²) in [6.45, 7) is 1.87. The maximum absolute atomic E-state index is 12.5. The summed E-state index contributed by atoms with van der Waals surface area (Å²) in [6, 6.07) is 22.7. The van der Waals surface area contributed by atoms with Crippen molar-refractivity contribution in [3.8, 4) is 17.6 Å². The maximum Gasteiger partial charge on any atom is 0.339 e. The minimum absolute atomic E-state index is 0.0602. The largest absolute Gasteiger partial charge is 0.493 e. The van der Waals surface area contributed by atoms with Crippen molar-refractivity contribution in [2.24, 2.45) is 0 Å². The SMILES string of the molecule is COc1cc(/C=C(\C#N)c2ccccc2)ccc1OS(=O)(=O)c1ccc(C)cc1. The third-order valence-corrected chi connectivity index (χ3v) is 5.46. The molecule has 0 unspecified atom stereocenters. The fourth-order valence-electron chi connectivity index (χ4n) is 2.68. The smallest absolute Gasteiger partial charge is 0.339 e. The van der Waals surface area contributed by atoms with Crippen molar-refractivity contribution < 1.29 is 17.3 Å². The highest BCUT2D eigenvalue weighted by Crippen LogP contribution is 2.32. The predicted octanol–water partition coefficient (Wildman–Crippen LogP) is 4.84. The van der Waals surface area contributed by atoms with Crippen LogP contribution in [0.3, 0.4) is 0 Å². The average Bonchev–Trinajstić information content (AvgIpc) is 2.73. The molecule has 29 heavy (non-hydrogen) atoms. The van der Waals surface area contributed by atoms with E-state index >= 15 is 0 Å². The molecule has 0 aliphatic heterocycles. The maximum atomic E-state index is 12.5. The van der Waals surface area contributed by atoms with Gasteiger partial charge in [-0.05, 0) is 48.4 Å². The van der Waals surface area contributed by atoms with E-state index in [4.69, 9.17) is 8.92 Å². The van der Waals surface area contributed by atoms with Crippen LogP contribution in [0.1, 0.15) is 16.7 Å². The van der Waals surface area contributed by atoms with E-state index in [1.807, 2.05) is 37.3 Å². The van der Waals surface area contributed by atoms with E-state index in [1.165, 1.54) is 25.3 Å². The molecule has 0 aliphatic carbocycles. The summed E-state index contributed by atoms with van der Waals surface area (Å²) in [5.74, 6) is 0.322. The molecular weight excluding hydrogens is 386 g/mol. The van der Waals surface area contributed by atoms with Gasteiger partial charge in [-0.3, -0.25) is 0 Å². The van der Waals surface area contributed by atoms with Crippen molar-refractivity contribution in [2.45, 2.75) is 11.8 Å². The van der Waals surface area contributed by atoms with E-state index in [0.29, 0.717) is 11.1 Å². The van der Waals surface area contributed by atoms with Gasteiger partial charge in [-0.15, -0.1) is 0 Å².